The standard InChI is InChI=1S/C17H34N4O3S.HI/c1-4-18-16(21-10-8-17(2,3)14-21)19-9-12-25(22,23)20-13-15-7-5-6-11-24-15;/h15,20H,4-14H2,1-3H3,(H,18,19);1H. The molecule has 2 saturated heterocycles. The van der Waals surface area contributed by atoms with Crippen LogP contribution < -0.4 is 10.0 Å². The lowest BCUT2D eigenvalue weighted by Crippen LogP contribution is -2.41. The summed E-state index contributed by atoms with van der Waals surface area (Å²) in [5, 5.41) is 3.27. The summed E-state index contributed by atoms with van der Waals surface area (Å²) in [5.41, 5.74) is 0.282. The number of nitrogens with zero attached hydrogens (tertiary/aromatic N) is 2. The zero-order chi connectivity index (χ0) is 18.3. The molecule has 0 spiro atoms. The maximum atomic E-state index is 12.2. The van der Waals surface area contributed by atoms with Gasteiger partial charge < -0.3 is 15.0 Å². The van der Waals surface area contributed by atoms with Gasteiger partial charge in [0.25, 0.3) is 0 Å². The summed E-state index contributed by atoms with van der Waals surface area (Å²) >= 11 is 0. The molecule has 2 N–H and O–H groups in total. The largest absolute Gasteiger partial charge is 0.377 e. The van der Waals surface area contributed by atoms with Crippen LogP contribution in [0.5, 0.6) is 0 Å². The Morgan fingerprint density at radius 1 is 1.35 bits per heavy atom. The summed E-state index contributed by atoms with van der Waals surface area (Å²) in [6.07, 6.45) is 4.23. The van der Waals surface area contributed by atoms with Crippen molar-refractivity contribution in [3.8, 4) is 0 Å². The number of halogens is 1. The molecule has 1 unspecified atom stereocenters. The minimum Gasteiger partial charge on any atom is -0.377 e. The van der Waals surface area contributed by atoms with E-state index in [2.05, 4.69) is 33.8 Å². The van der Waals surface area contributed by atoms with Crippen LogP contribution in [0.25, 0.3) is 0 Å². The first kappa shape index (κ1) is 23.9. The zero-order valence-corrected chi connectivity index (χ0v) is 19.4. The fourth-order valence-corrected chi connectivity index (χ4v) is 4.17. The summed E-state index contributed by atoms with van der Waals surface area (Å²) in [4.78, 5) is 6.74. The minimum atomic E-state index is -3.32. The van der Waals surface area contributed by atoms with Crippen LogP contribution in [0.15, 0.2) is 4.99 Å². The summed E-state index contributed by atoms with van der Waals surface area (Å²) < 4.78 is 32.6. The van der Waals surface area contributed by atoms with Crippen molar-refractivity contribution in [3.05, 3.63) is 0 Å². The summed E-state index contributed by atoms with van der Waals surface area (Å²) in [5.74, 6) is 0.824. The summed E-state index contributed by atoms with van der Waals surface area (Å²) in [6.45, 7) is 10.6. The second-order valence-corrected chi connectivity index (χ2v) is 9.65. The van der Waals surface area contributed by atoms with Crippen LogP contribution >= 0.6 is 24.0 Å². The van der Waals surface area contributed by atoms with Crippen LogP contribution in [0.1, 0.15) is 46.5 Å². The molecule has 0 saturated carbocycles. The van der Waals surface area contributed by atoms with E-state index < -0.39 is 10.0 Å². The van der Waals surface area contributed by atoms with Crippen LogP contribution in [-0.4, -0.2) is 70.5 Å². The van der Waals surface area contributed by atoms with E-state index in [1.807, 2.05) is 6.92 Å². The Morgan fingerprint density at radius 3 is 2.69 bits per heavy atom. The highest BCUT2D eigenvalue weighted by Gasteiger charge is 2.30. The fourth-order valence-electron chi connectivity index (χ4n) is 3.25. The molecule has 0 radical (unpaired) electrons. The highest BCUT2D eigenvalue weighted by atomic mass is 127. The number of likely N-dealkylation sites (tertiary alicyclic amines) is 1. The van der Waals surface area contributed by atoms with Crippen molar-refractivity contribution < 1.29 is 13.2 Å². The van der Waals surface area contributed by atoms with Gasteiger partial charge in [0, 0.05) is 32.8 Å². The van der Waals surface area contributed by atoms with Crippen molar-refractivity contribution in [2.24, 2.45) is 10.4 Å². The molecule has 0 aromatic rings. The molecule has 154 valence electrons. The van der Waals surface area contributed by atoms with Gasteiger partial charge in [-0.3, -0.25) is 4.99 Å². The maximum absolute atomic E-state index is 12.2. The topological polar surface area (TPSA) is 83.0 Å². The Balaban J connectivity index is 0.00000338. The van der Waals surface area contributed by atoms with E-state index in [0.717, 1.165) is 57.9 Å². The Hall–Kier alpha value is -0.130. The van der Waals surface area contributed by atoms with Gasteiger partial charge in [0.2, 0.25) is 10.0 Å². The third-order valence-electron chi connectivity index (χ3n) is 4.74. The number of hydrogen-bond donors (Lipinski definition) is 2. The normalized spacial score (nSPS) is 23.6. The van der Waals surface area contributed by atoms with E-state index in [9.17, 15) is 8.42 Å². The van der Waals surface area contributed by atoms with Crippen molar-refractivity contribution in [2.75, 3.05) is 45.1 Å². The smallest absolute Gasteiger partial charge is 0.213 e. The summed E-state index contributed by atoms with van der Waals surface area (Å²) in [7, 11) is -3.32. The number of nitrogens with one attached hydrogen (secondary N) is 2. The van der Waals surface area contributed by atoms with Crippen molar-refractivity contribution in [2.45, 2.75) is 52.6 Å². The van der Waals surface area contributed by atoms with Crippen molar-refractivity contribution in [1.82, 2.24) is 14.9 Å². The lowest BCUT2D eigenvalue weighted by Gasteiger charge is -2.24. The SMILES string of the molecule is CCNC(=NCCS(=O)(=O)NCC1CCCCO1)N1CCC(C)(C)C1.I. The van der Waals surface area contributed by atoms with Crippen molar-refractivity contribution in [3.63, 3.8) is 0 Å². The number of aliphatic imine (C=N–C) groups is 1. The molecule has 0 aliphatic carbocycles. The molecule has 26 heavy (non-hydrogen) atoms. The lowest BCUT2D eigenvalue weighted by molar-refractivity contribution is 0.0200. The predicted octanol–water partition coefficient (Wildman–Crippen LogP) is 1.79. The number of rotatable bonds is 7. The summed E-state index contributed by atoms with van der Waals surface area (Å²) in [6, 6.07) is 0. The monoisotopic (exact) mass is 502 g/mol. The number of hydrogen-bond acceptors (Lipinski definition) is 4. The molecule has 2 fully saturated rings. The van der Waals surface area contributed by atoms with Gasteiger partial charge in [-0.25, -0.2) is 13.1 Å². The highest BCUT2D eigenvalue weighted by Crippen LogP contribution is 2.28. The molecule has 2 aliphatic rings. The van der Waals surface area contributed by atoms with Gasteiger partial charge in [-0.05, 0) is 38.0 Å². The van der Waals surface area contributed by atoms with Crippen LogP contribution in [0, 0.1) is 5.41 Å². The van der Waals surface area contributed by atoms with Gasteiger partial charge in [-0.1, -0.05) is 13.8 Å². The van der Waals surface area contributed by atoms with E-state index in [1.165, 1.54) is 0 Å². The average Bonchev–Trinajstić information content (AvgIpc) is 2.93. The van der Waals surface area contributed by atoms with Gasteiger partial charge in [-0.15, -0.1) is 24.0 Å². The van der Waals surface area contributed by atoms with E-state index >= 15 is 0 Å². The number of guanidine groups is 1. The van der Waals surface area contributed by atoms with E-state index in [1.54, 1.807) is 0 Å². The lowest BCUT2D eigenvalue weighted by atomic mass is 9.93. The molecule has 0 bridgehead atoms. The maximum Gasteiger partial charge on any atom is 0.213 e. The second-order valence-electron chi connectivity index (χ2n) is 7.73. The van der Waals surface area contributed by atoms with Crippen molar-refractivity contribution >= 4 is 40.0 Å². The highest BCUT2D eigenvalue weighted by molar-refractivity contribution is 14.0. The molecule has 0 aromatic carbocycles. The molecule has 1 atom stereocenters. The van der Waals surface area contributed by atoms with Gasteiger partial charge in [0.1, 0.15) is 0 Å². The second kappa shape index (κ2) is 11.0. The van der Waals surface area contributed by atoms with E-state index in [-0.39, 0.29) is 47.8 Å². The fraction of sp³-hybridized carbons (Fsp3) is 0.941. The first-order valence-corrected chi connectivity index (χ1v) is 11.1. The molecule has 9 heteroatoms. The van der Waals surface area contributed by atoms with Crippen molar-refractivity contribution in [1.29, 1.82) is 0 Å². The average molecular weight is 502 g/mol. The minimum absolute atomic E-state index is 0. The predicted molar refractivity (Wildman–Crippen MR) is 117 cm³/mol. The third-order valence-corrected chi connectivity index (χ3v) is 6.06. The molecular weight excluding hydrogens is 467 g/mol. The Bertz CT molecular complexity index is 548. The molecule has 7 nitrogen and oxygen atoms in total. The Morgan fingerprint density at radius 2 is 2.12 bits per heavy atom. The van der Waals surface area contributed by atoms with Crippen LogP contribution in [0.4, 0.5) is 0 Å². The number of ether oxygens (including phenoxy) is 1. The molecule has 2 rings (SSSR count). The van der Waals surface area contributed by atoms with Gasteiger partial charge >= 0.3 is 0 Å². The third kappa shape index (κ3) is 8.26. The van der Waals surface area contributed by atoms with Crippen LogP contribution in [-0.2, 0) is 14.8 Å². The molecule has 0 aromatic heterocycles. The van der Waals surface area contributed by atoms with Crippen LogP contribution in [0.2, 0.25) is 0 Å². The van der Waals surface area contributed by atoms with Crippen LogP contribution in [0.3, 0.4) is 0 Å². The Labute approximate surface area is 175 Å². The number of sulfonamides is 1. The van der Waals surface area contributed by atoms with E-state index in [4.69, 9.17) is 4.74 Å². The van der Waals surface area contributed by atoms with E-state index in [0.29, 0.717) is 6.54 Å². The van der Waals surface area contributed by atoms with Gasteiger partial charge in [0.05, 0.1) is 18.4 Å². The van der Waals surface area contributed by atoms with Gasteiger partial charge in [0.15, 0.2) is 5.96 Å². The Kier molecular flexibility index (Phi) is 10.1. The molecule has 0 amide bonds. The quantitative estimate of drug-likeness (QED) is 0.315. The first-order chi connectivity index (χ1) is 11.8. The molecular formula is C17H35IN4O3S. The first-order valence-electron chi connectivity index (χ1n) is 9.43. The molecule has 2 heterocycles. The molecule has 2 aliphatic heterocycles. The zero-order valence-electron chi connectivity index (χ0n) is 16.3. The van der Waals surface area contributed by atoms with Gasteiger partial charge in [-0.2, -0.15) is 0 Å².